The minimum Gasteiger partial charge on any atom is -0.315 e. The lowest BCUT2D eigenvalue weighted by molar-refractivity contribution is 0.134. The summed E-state index contributed by atoms with van der Waals surface area (Å²) in [5.74, 6) is 0. The molecular weight excluding hydrogens is 368 g/mol. The second-order valence-corrected chi connectivity index (χ2v) is 8.92. The lowest BCUT2D eigenvalue weighted by Crippen LogP contribution is -2.46. The van der Waals surface area contributed by atoms with E-state index in [0.717, 1.165) is 11.4 Å². The van der Waals surface area contributed by atoms with Gasteiger partial charge >= 0.3 is 0 Å². The zero-order valence-corrected chi connectivity index (χ0v) is 17.5. The van der Waals surface area contributed by atoms with Crippen molar-refractivity contribution in [3.63, 3.8) is 0 Å². The van der Waals surface area contributed by atoms with Crippen molar-refractivity contribution in [3.8, 4) is 0 Å². The van der Waals surface area contributed by atoms with Crippen LogP contribution in [0.2, 0.25) is 0 Å². The number of fused-ring (bicyclic) bond motifs is 1. The van der Waals surface area contributed by atoms with E-state index in [1.807, 2.05) is 4.68 Å². The number of thioether (sulfide) groups is 1. The Morgan fingerprint density at radius 2 is 1.82 bits per heavy atom. The Morgan fingerprint density at radius 3 is 2.46 bits per heavy atom. The quantitative estimate of drug-likeness (QED) is 0.712. The van der Waals surface area contributed by atoms with E-state index >= 15 is 0 Å². The summed E-state index contributed by atoms with van der Waals surface area (Å²) in [4.78, 5) is 9.78. The molecule has 0 saturated carbocycles. The van der Waals surface area contributed by atoms with Crippen molar-refractivity contribution in [1.29, 1.82) is 0 Å². The van der Waals surface area contributed by atoms with Gasteiger partial charge in [-0.2, -0.15) is 5.10 Å². The smallest absolute Gasteiger partial charge is 0.137 e. The molecule has 1 aliphatic heterocycles. The molecule has 2 aromatic carbocycles. The SMILES string of the molecule is CN(C)C(C)(C)C(c1ccc(N2c3ccccc3SC2N)cc1)n1cncn1. The second-order valence-electron chi connectivity index (χ2n) is 7.76. The molecule has 0 fully saturated rings. The molecule has 0 bridgehead atoms. The summed E-state index contributed by atoms with van der Waals surface area (Å²) in [5.41, 5.74) is 9.57. The van der Waals surface area contributed by atoms with E-state index in [1.54, 1.807) is 24.4 Å². The van der Waals surface area contributed by atoms with Gasteiger partial charge in [0, 0.05) is 16.1 Å². The van der Waals surface area contributed by atoms with Crippen molar-refractivity contribution in [1.82, 2.24) is 19.7 Å². The summed E-state index contributed by atoms with van der Waals surface area (Å²) in [7, 11) is 4.19. The molecule has 0 spiro atoms. The summed E-state index contributed by atoms with van der Waals surface area (Å²) in [6.07, 6.45) is 3.37. The molecule has 2 heterocycles. The van der Waals surface area contributed by atoms with Gasteiger partial charge in [-0.1, -0.05) is 36.0 Å². The van der Waals surface area contributed by atoms with Gasteiger partial charge in [-0.25, -0.2) is 9.67 Å². The number of rotatable bonds is 5. The molecule has 0 radical (unpaired) electrons. The molecule has 2 atom stereocenters. The van der Waals surface area contributed by atoms with Crippen LogP contribution in [0, 0.1) is 0 Å². The molecule has 1 aliphatic rings. The van der Waals surface area contributed by atoms with Gasteiger partial charge in [0.05, 0.1) is 11.7 Å². The van der Waals surface area contributed by atoms with Crippen LogP contribution in [-0.2, 0) is 0 Å². The number of nitrogens with zero attached hydrogens (tertiary/aromatic N) is 5. The van der Waals surface area contributed by atoms with Crippen LogP contribution < -0.4 is 10.6 Å². The van der Waals surface area contributed by atoms with Crippen LogP contribution in [0.1, 0.15) is 25.5 Å². The number of nitrogens with two attached hydrogens (primary N) is 1. The lowest BCUT2D eigenvalue weighted by atomic mass is 9.87. The Bertz CT molecular complexity index is 936. The molecule has 6 nitrogen and oxygen atoms in total. The molecule has 0 aliphatic carbocycles. The predicted octanol–water partition coefficient (Wildman–Crippen LogP) is 3.69. The molecule has 1 aromatic heterocycles. The highest BCUT2D eigenvalue weighted by atomic mass is 32.2. The Hall–Kier alpha value is -2.35. The van der Waals surface area contributed by atoms with E-state index in [1.165, 1.54) is 10.5 Å². The highest BCUT2D eigenvalue weighted by molar-refractivity contribution is 8.00. The molecule has 146 valence electrons. The lowest BCUT2D eigenvalue weighted by Gasteiger charge is -2.40. The zero-order chi connectivity index (χ0) is 19.9. The summed E-state index contributed by atoms with van der Waals surface area (Å²) in [5, 5.41) is 4.43. The van der Waals surface area contributed by atoms with Crippen LogP contribution in [0.4, 0.5) is 11.4 Å². The summed E-state index contributed by atoms with van der Waals surface area (Å²) < 4.78 is 1.93. The van der Waals surface area contributed by atoms with Crippen LogP contribution in [0.15, 0.2) is 66.1 Å². The molecule has 4 rings (SSSR count). The second kappa shape index (κ2) is 7.24. The Balaban J connectivity index is 1.71. The average Bonchev–Trinajstić information content (AvgIpc) is 3.29. The zero-order valence-electron chi connectivity index (χ0n) is 16.6. The van der Waals surface area contributed by atoms with Crippen LogP contribution in [0.25, 0.3) is 0 Å². The van der Waals surface area contributed by atoms with E-state index in [2.05, 4.69) is 96.4 Å². The summed E-state index contributed by atoms with van der Waals surface area (Å²) in [6, 6.07) is 17.0. The van der Waals surface area contributed by atoms with Crippen molar-refractivity contribution >= 4 is 23.1 Å². The summed E-state index contributed by atoms with van der Waals surface area (Å²) in [6.45, 7) is 4.44. The van der Waals surface area contributed by atoms with Crippen molar-refractivity contribution < 1.29 is 0 Å². The number of likely N-dealkylation sites (N-methyl/N-ethyl adjacent to an activating group) is 1. The van der Waals surface area contributed by atoms with Gasteiger partial charge in [-0.3, -0.25) is 0 Å². The van der Waals surface area contributed by atoms with Crippen molar-refractivity contribution in [2.24, 2.45) is 5.73 Å². The average molecular weight is 395 g/mol. The minimum atomic E-state index is -0.151. The van der Waals surface area contributed by atoms with Crippen molar-refractivity contribution in [2.45, 2.75) is 35.8 Å². The number of benzene rings is 2. The molecule has 2 unspecified atom stereocenters. The van der Waals surface area contributed by atoms with E-state index in [9.17, 15) is 0 Å². The third kappa shape index (κ3) is 3.19. The maximum absolute atomic E-state index is 6.41. The van der Waals surface area contributed by atoms with Gasteiger partial charge < -0.3 is 15.5 Å². The first-order valence-corrected chi connectivity index (χ1v) is 10.2. The standard InChI is InChI=1S/C21H26N6S/c1-21(2,25(3)4)19(26-14-23-13-24-26)15-9-11-16(12-10-15)27-17-7-5-6-8-18(17)28-20(27)22/h5-14,19-20H,22H2,1-4H3. The summed E-state index contributed by atoms with van der Waals surface area (Å²) >= 11 is 1.69. The number of hydrogen-bond donors (Lipinski definition) is 1. The van der Waals surface area contributed by atoms with Crippen LogP contribution in [-0.4, -0.2) is 44.8 Å². The Labute approximate surface area is 170 Å². The van der Waals surface area contributed by atoms with Crippen LogP contribution >= 0.6 is 11.8 Å². The van der Waals surface area contributed by atoms with Gasteiger partial charge in [0.25, 0.3) is 0 Å². The van der Waals surface area contributed by atoms with Gasteiger partial charge in [0.2, 0.25) is 0 Å². The number of anilines is 2. The maximum Gasteiger partial charge on any atom is 0.137 e. The molecule has 3 aromatic rings. The molecule has 28 heavy (non-hydrogen) atoms. The third-order valence-corrected chi connectivity index (χ3v) is 6.69. The van der Waals surface area contributed by atoms with Gasteiger partial charge in [0.1, 0.15) is 18.2 Å². The van der Waals surface area contributed by atoms with Gasteiger partial charge in [0.15, 0.2) is 0 Å². The number of hydrogen-bond acceptors (Lipinski definition) is 6. The number of para-hydroxylation sites is 1. The van der Waals surface area contributed by atoms with E-state index < -0.39 is 0 Å². The number of aromatic nitrogens is 3. The van der Waals surface area contributed by atoms with Gasteiger partial charge in [-0.15, -0.1) is 0 Å². The van der Waals surface area contributed by atoms with Crippen LogP contribution in [0.5, 0.6) is 0 Å². The van der Waals surface area contributed by atoms with E-state index in [-0.39, 0.29) is 17.1 Å². The topological polar surface area (TPSA) is 63.2 Å². The highest BCUT2D eigenvalue weighted by Gasteiger charge is 2.35. The largest absolute Gasteiger partial charge is 0.315 e. The normalized spacial score (nSPS) is 17.8. The van der Waals surface area contributed by atoms with Crippen molar-refractivity contribution in [2.75, 3.05) is 19.0 Å². The molecule has 7 heteroatoms. The molecule has 0 saturated heterocycles. The van der Waals surface area contributed by atoms with Crippen LogP contribution in [0.3, 0.4) is 0 Å². The fourth-order valence-electron chi connectivity index (χ4n) is 3.66. The van der Waals surface area contributed by atoms with E-state index in [4.69, 9.17) is 5.73 Å². The molecule has 2 N–H and O–H groups in total. The fourth-order valence-corrected chi connectivity index (χ4v) is 4.70. The molecule has 0 amide bonds. The van der Waals surface area contributed by atoms with E-state index in [0.29, 0.717) is 0 Å². The predicted molar refractivity (Wildman–Crippen MR) is 115 cm³/mol. The van der Waals surface area contributed by atoms with Gasteiger partial charge in [-0.05, 0) is 57.8 Å². The Morgan fingerprint density at radius 1 is 1.11 bits per heavy atom. The first-order valence-electron chi connectivity index (χ1n) is 9.31. The third-order valence-electron chi connectivity index (χ3n) is 5.64. The first-order chi connectivity index (χ1) is 13.4. The first kappa shape index (κ1) is 19.0. The monoisotopic (exact) mass is 394 g/mol. The maximum atomic E-state index is 6.41. The highest BCUT2D eigenvalue weighted by Crippen LogP contribution is 2.45. The molecular formula is C21H26N6S. The van der Waals surface area contributed by atoms with Crippen molar-refractivity contribution in [3.05, 3.63) is 66.7 Å². The Kier molecular flexibility index (Phi) is 4.91. The fraction of sp³-hybridized carbons (Fsp3) is 0.333. The minimum absolute atomic E-state index is 0.0352.